The van der Waals surface area contributed by atoms with E-state index in [-0.39, 0.29) is 17.7 Å². The fourth-order valence-corrected chi connectivity index (χ4v) is 5.18. The third kappa shape index (κ3) is 3.22. The first-order chi connectivity index (χ1) is 17.0. The van der Waals surface area contributed by atoms with E-state index >= 15 is 0 Å². The number of aliphatic hydroxyl groups excluding tert-OH is 1. The van der Waals surface area contributed by atoms with E-state index in [4.69, 9.17) is 14.2 Å². The first kappa shape index (κ1) is 22.9. The van der Waals surface area contributed by atoms with E-state index in [2.05, 4.69) is 0 Å². The molecule has 2 amide bonds. The Kier molecular flexibility index (Phi) is 5.72. The van der Waals surface area contributed by atoms with E-state index in [1.54, 1.807) is 54.5 Å². The van der Waals surface area contributed by atoms with Crippen LogP contribution in [0.2, 0.25) is 0 Å². The van der Waals surface area contributed by atoms with Crippen molar-refractivity contribution in [2.45, 2.75) is 18.9 Å². The summed E-state index contributed by atoms with van der Waals surface area (Å²) in [7, 11) is 1.54. The molecular formula is C26H26N2O7. The van der Waals surface area contributed by atoms with Gasteiger partial charge in [-0.3, -0.25) is 14.4 Å². The zero-order chi connectivity index (χ0) is 24.7. The fourth-order valence-electron chi connectivity index (χ4n) is 5.18. The second-order valence-electron chi connectivity index (χ2n) is 8.49. The van der Waals surface area contributed by atoms with Crippen LogP contribution in [0.3, 0.4) is 0 Å². The Balaban J connectivity index is 1.76. The molecule has 1 spiro atoms. The molecule has 3 heterocycles. The summed E-state index contributed by atoms with van der Waals surface area (Å²) >= 11 is 0. The average molecular weight is 479 g/mol. The lowest BCUT2D eigenvalue weighted by molar-refractivity contribution is -0.143. The van der Waals surface area contributed by atoms with Crippen molar-refractivity contribution in [3.8, 4) is 11.5 Å². The molecule has 1 fully saturated rings. The summed E-state index contributed by atoms with van der Waals surface area (Å²) in [5.41, 5.74) is -0.672. The molecule has 9 nitrogen and oxygen atoms in total. The number of carbonyl (C=O) groups excluding carboxylic acids is 3. The summed E-state index contributed by atoms with van der Waals surface area (Å²) in [4.78, 5) is 43.8. The van der Waals surface area contributed by atoms with Crippen LogP contribution in [0, 0.1) is 0 Å². The van der Waals surface area contributed by atoms with Crippen molar-refractivity contribution in [1.29, 1.82) is 0 Å². The number of ketones is 1. The standard InChI is InChI=1S/C26H26N2O7/c1-3-27-18-8-5-4-7-17(18)26(25(27)32)21(23(30)24(31)28(26)11-6-12-33-2)22(29)16-9-10-19-20(15-16)35-14-13-34-19/h4-5,7-10,15,29H,3,6,11-14H2,1-2H3/t26-/m0/s1. The average Bonchev–Trinajstić information content (AvgIpc) is 3.26. The normalized spacial score (nSPS) is 22.3. The summed E-state index contributed by atoms with van der Waals surface area (Å²) in [6, 6.07) is 11.8. The van der Waals surface area contributed by atoms with Crippen LogP contribution in [-0.2, 0) is 24.7 Å². The third-order valence-corrected chi connectivity index (χ3v) is 6.67. The Morgan fingerprint density at radius 2 is 1.83 bits per heavy atom. The van der Waals surface area contributed by atoms with Crippen LogP contribution < -0.4 is 14.4 Å². The fraction of sp³-hybridized carbons (Fsp3) is 0.346. The largest absolute Gasteiger partial charge is 0.507 e. The maximum atomic E-state index is 14.1. The van der Waals surface area contributed by atoms with Crippen molar-refractivity contribution >= 4 is 29.0 Å². The molecule has 5 rings (SSSR count). The molecule has 0 aromatic heterocycles. The quantitative estimate of drug-likeness (QED) is 0.294. The number of amides is 2. The predicted octanol–water partition coefficient (Wildman–Crippen LogP) is 2.44. The molecule has 3 aliphatic heterocycles. The number of ether oxygens (including phenoxy) is 3. The number of likely N-dealkylation sites (tertiary alicyclic amines) is 1. The lowest BCUT2D eigenvalue weighted by Crippen LogP contribution is -2.52. The van der Waals surface area contributed by atoms with Crippen molar-refractivity contribution in [2.75, 3.05) is 44.9 Å². The minimum atomic E-state index is -1.77. The van der Waals surface area contributed by atoms with Gasteiger partial charge in [-0.2, -0.15) is 0 Å². The molecule has 0 unspecified atom stereocenters. The van der Waals surface area contributed by atoms with E-state index in [9.17, 15) is 19.5 Å². The van der Waals surface area contributed by atoms with Crippen LogP contribution in [0.5, 0.6) is 11.5 Å². The second kappa shape index (κ2) is 8.74. The molecule has 35 heavy (non-hydrogen) atoms. The zero-order valence-electron chi connectivity index (χ0n) is 19.6. The first-order valence-corrected chi connectivity index (χ1v) is 11.6. The van der Waals surface area contributed by atoms with Gasteiger partial charge >= 0.3 is 0 Å². The maximum Gasteiger partial charge on any atom is 0.296 e. The Labute approximate surface area is 202 Å². The number of para-hydroxylation sites is 1. The SMILES string of the molecule is CCN1C(=O)[C@@]2(C(=C(O)c3ccc4c(c3)OCCO4)C(=O)C(=O)N2CCCOC)c2ccccc21. The molecule has 0 aliphatic carbocycles. The Bertz CT molecular complexity index is 1250. The molecule has 9 heteroatoms. The van der Waals surface area contributed by atoms with Gasteiger partial charge in [-0.25, -0.2) is 0 Å². The molecule has 2 aromatic carbocycles. The predicted molar refractivity (Wildman–Crippen MR) is 126 cm³/mol. The summed E-state index contributed by atoms with van der Waals surface area (Å²) in [6.07, 6.45) is 0.414. The van der Waals surface area contributed by atoms with E-state index in [1.165, 1.54) is 4.90 Å². The number of hydrogen-bond acceptors (Lipinski definition) is 7. The number of rotatable bonds is 6. The molecule has 3 aliphatic rings. The number of nitrogens with zero attached hydrogens (tertiary/aromatic N) is 2. The topological polar surface area (TPSA) is 106 Å². The van der Waals surface area contributed by atoms with Crippen LogP contribution in [0.25, 0.3) is 5.76 Å². The number of aliphatic hydroxyl groups is 1. The molecule has 1 saturated heterocycles. The van der Waals surface area contributed by atoms with Gasteiger partial charge in [0, 0.05) is 37.9 Å². The Hall–Kier alpha value is -3.85. The van der Waals surface area contributed by atoms with Crippen LogP contribution in [0.1, 0.15) is 24.5 Å². The molecule has 0 radical (unpaired) electrons. The summed E-state index contributed by atoms with van der Waals surface area (Å²) in [5.74, 6) is -1.69. The van der Waals surface area contributed by atoms with Gasteiger partial charge in [0.05, 0.1) is 11.3 Å². The van der Waals surface area contributed by atoms with Crippen LogP contribution >= 0.6 is 0 Å². The number of likely N-dealkylation sites (N-methyl/N-ethyl adjacent to an activating group) is 1. The highest BCUT2D eigenvalue weighted by Crippen LogP contribution is 2.53. The number of Topliss-reactive ketones (excluding diaryl/α,β-unsaturated/α-hetero) is 1. The van der Waals surface area contributed by atoms with E-state index < -0.39 is 28.9 Å². The van der Waals surface area contributed by atoms with E-state index in [0.29, 0.717) is 55.5 Å². The van der Waals surface area contributed by atoms with Crippen LogP contribution in [0.15, 0.2) is 48.0 Å². The molecular weight excluding hydrogens is 452 g/mol. The lowest BCUT2D eigenvalue weighted by Gasteiger charge is -2.34. The summed E-state index contributed by atoms with van der Waals surface area (Å²) in [6.45, 7) is 3.36. The van der Waals surface area contributed by atoms with E-state index in [0.717, 1.165) is 0 Å². The highest BCUT2D eigenvalue weighted by atomic mass is 16.6. The number of carbonyl (C=O) groups is 3. The van der Waals surface area contributed by atoms with Gasteiger partial charge in [0.2, 0.25) is 0 Å². The zero-order valence-corrected chi connectivity index (χ0v) is 19.6. The summed E-state index contributed by atoms with van der Waals surface area (Å²) in [5, 5.41) is 11.5. The lowest BCUT2D eigenvalue weighted by atomic mass is 9.81. The minimum absolute atomic E-state index is 0.105. The number of methoxy groups -OCH3 is 1. The van der Waals surface area contributed by atoms with Gasteiger partial charge in [0.15, 0.2) is 17.0 Å². The summed E-state index contributed by atoms with van der Waals surface area (Å²) < 4.78 is 16.3. The van der Waals surface area contributed by atoms with Crippen molar-refractivity contribution < 1.29 is 33.7 Å². The van der Waals surface area contributed by atoms with Crippen molar-refractivity contribution in [2.24, 2.45) is 0 Å². The number of fused-ring (bicyclic) bond motifs is 3. The number of anilines is 1. The number of benzene rings is 2. The third-order valence-electron chi connectivity index (χ3n) is 6.67. The highest BCUT2D eigenvalue weighted by Gasteiger charge is 2.66. The second-order valence-corrected chi connectivity index (χ2v) is 8.49. The van der Waals surface area contributed by atoms with Gasteiger partial charge in [0.1, 0.15) is 19.0 Å². The Morgan fingerprint density at radius 1 is 1.09 bits per heavy atom. The molecule has 182 valence electrons. The minimum Gasteiger partial charge on any atom is -0.507 e. The van der Waals surface area contributed by atoms with Crippen LogP contribution in [0.4, 0.5) is 5.69 Å². The van der Waals surface area contributed by atoms with Gasteiger partial charge < -0.3 is 29.1 Å². The molecule has 0 bridgehead atoms. The van der Waals surface area contributed by atoms with Gasteiger partial charge in [0.25, 0.3) is 17.6 Å². The van der Waals surface area contributed by atoms with Gasteiger partial charge in [-0.15, -0.1) is 0 Å². The van der Waals surface area contributed by atoms with Gasteiger partial charge in [-0.1, -0.05) is 18.2 Å². The smallest absolute Gasteiger partial charge is 0.296 e. The molecule has 2 aromatic rings. The maximum absolute atomic E-state index is 14.1. The molecule has 0 saturated carbocycles. The Morgan fingerprint density at radius 3 is 2.57 bits per heavy atom. The monoisotopic (exact) mass is 478 g/mol. The van der Waals surface area contributed by atoms with Crippen molar-refractivity contribution in [3.63, 3.8) is 0 Å². The van der Waals surface area contributed by atoms with Crippen LogP contribution in [-0.4, -0.2) is 67.6 Å². The molecule has 1 atom stereocenters. The molecule has 1 N–H and O–H groups in total. The van der Waals surface area contributed by atoms with E-state index in [1.807, 2.05) is 6.92 Å². The first-order valence-electron chi connectivity index (χ1n) is 11.6. The van der Waals surface area contributed by atoms with Crippen molar-refractivity contribution in [1.82, 2.24) is 4.90 Å². The highest BCUT2D eigenvalue weighted by molar-refractivity contribution is 6.50. The van der Waals surface area contributed by atoms with Crippen molar-refractivity contribution in [3.05, 3.63) is 59.2 Å². The number of hydrogen-bond donors (Lipinski definition) is 1. The van der Waals surface area contributed by atoms with Gasteiger partial charge in [-0.05, 0) is 37.6 Å².